The molecule has 22 heavy (non-hydrogen) atoms. The minimum atomic E-state index is -3.91. The van der Waals surface area contributed by atoms with E-state index < -0.39 is 10.1 Å². The van der Waals surface area contributed by atoms with E-state index in [1.54, 1.807) is 0 Å². The summed E-state index contributed by atoms with van der Waals surface area (Å²) in [6.45, 7) is 2.98. The van der Waals surface area contributed by atoms with Crippen molar-refractivity contribution < 1.29 is 22.5 Å². The standard InChI is InChI=1S/C15H23NO5S/c1-14(17)21-12-11-16(2,15-8-4-3-5-9-15)10-6-7-13-22(18,19)20/h3-5,8-9H,6-7,10-13H2,1-2H3/p+1. The van der Waals surface area contributed by atoms with Crippen LogP contribution in [0.15, 0.2) is 30.3 Å². The van der Waals surface area contributed by atoms with E-state index in [1.165, 1.54) is 6.92 Å². The third kappa shape index (κ3) is 7.02. The molecule has 1 rings (SSSR count). The normalized spacial score (nSPS) is 14.3. The highest BCUT2D eigenvalue weighted by Gasteiger charge is 2.24. The Morgan fingerprint density at radius 1 is 1.18 bits per heavy atom. The van der Waals surface area contributed by atoms with E-state index in [1.807, 2.05) is 37.4 Å². The third-order valence-corrected chi connectivity index (χ3v) is 4.38. The van der Waals surface area contributed by atoms with Crippen LogP contribution in [0.3, 0.4) is 0 Å². The van der Waals surface area contributed by atoms with Gasteiger partial charge in [-0.1, -0.05) is 18.2 Å². The zero-order valence-electron chi connectivity index (χ0n) is 13.1. The van der Waals surface area contributed by atoms with Crippen LogP contribution in [0.4, 0.5) is 5.69 Å². The molecule has 1 atom stereocenters. The van der Waals surface area contributed by atoms with Gasteiger partial charge in [0.15, 0.2) is 0 Å². The summed E-state index contributed by atoms with van der Waals surface area (Å²) < 4.78 is 35.9. The van der Waals surface area contributed by atoms with Crippen molar-refractivity contribution in [1.29, 1.82) is 0 Å². The van der Waals surface area contributed by atoms with Gasteiger partial charge >= 0.3 is 5.97 Å². The molecular weight excluding hydrogens is 306 g/mol. The quantitative estimate of drug-likeness (QED) is 0.323. The summed E-state index contributed by atoms with van der Waals surface area (Å²) in [5, 5.41) is 0. The number of quaternary nitrogens is 1. The van der Waals surface area contributed by atoms with E-state index in [2.05, 4.69) is 0 Å². The molecule has 1 unspecified atom stereocenters. The zero-order chi connectivity index (χ0) is 16.6. The van der Waals surface area contributed by atoms with Crippen molar-refractivity contribution in [2.45, 2.75) is 19.8 Å². The highest BCUT2D eigenvalue weighted by atomic mass is 32.2. The summed E-state index contributed by atoms with van der Waals surface area (Å²) in [5.74, 6) is -0.544. The van der Waals surface area contributed by atoms with Crippen LogP contribution in [0, 0.1) is 0 Å². The van der Waals surface area contributed by atoms with E-state index in [4.69, 9.17) is 9.29 Å². The molecule has 0 fully saturated rings. The number of carbonyl (C=O) groups is 1. The first kappa shape index (κ1) is 18.6. The lowest BCUT2D eigenvalue weighted by molar-refractivity contribution is -0.141. The van der Waals surface area contributed by atoms with Crippen LogP contribution in [0.1, 0.15) is 19.8 Å². The monoisotopic (exact) mass is 330 g/mol. The fourth-order valence-electron chi connectivity index (χ4n) is 2.29. The predicted molar refractivity (Wildman–Crippen MR) is 86.2 cm³/mol. The number of unbranched alkanes of at least 4 members (excludes halogenated alkanes) is 1. The second-order valence-electron chi connectivity index (χ2n) is 5.51. The number of para-hydroxylation sites is 1. The first-order valence-corrected chi connectivity index (χ1v) is 8.82. The SMILES string of the molecule is CC(=O)OCC[N+](C)(CCCCS(=O)(=O)O)c1ccccc1. The molecular formula is C15H24NO5S+. The van der Waals surface area contributed by atoms with Gasteiger partial charge in [-0.15, -0.1) is 0 Å². The molecule has 0 saturated heterocycles. The molecule has 124 valence electrons. The topological polar surface area (TPSA) is 80.7 Å². The molecule has 1 aromatic rings. The number of benzene rings is 1. The second-order valence-corrected chi connectivity index (χ2v) is 7.08. The van der Waals surface area contributed by atoms with Crippen LogP contribution < -0.4 is 4.48 Å². The molecule has 7 heteroatoms. The molecule has 0 aliphatic carbocycles. The van der Waals surface area contributed by atoms with Crippen molar-refractivity contribution in [2.75, 3.05) is 32.5 Å². The average Bonchev–Trinajstić information content (AvgIpc) is 2.43. The molecule has 0 radical (unpaired) electrons. The largest absolute Gasteiger partial charge is 0.460 e. The van der Waals surface area contributed by atoms with Gasteiger partial charge in [0.05, 0.1) is 19.3 Å². The van der Waals surface area contributed by atoms with Crippen LogP contribution in [0.2, 0.25) is 0 Å². The van der Waals surface area contributed by atoms with Gasteiger partial charge < -0.3 is 4.74 Å². The molecule has 0 saturated carbocycles. The van der Waals surface area contributed by atoms with Gasteiger partial charge in [-0.05, 0) is 25.0 Å². The first-order valence-electron chi connectivity index (χ1n) is 7.22. The molecule has 0 aromatic heterocycles. The molecule has 1 aromatic carbocycles. The molecule has 6 nitrogen and oxygen atoms in total. The molecule has 1 N–H and O–H groups in total. The average molecular weight is 330 g/mol. The number of hydrogen-bond acceptors (Lipinski definition) is 4. The molecule has 0 spiro atoms. The maximum Gasteiger partial charge on any atom is 0.302 e. The van der Waals surface area contributed by atoms with Crippen molar-refractivity contribution in [3.63, 3.8) is 0 Å². The number of esters is 1. The van der Waals surface area contributed by atoms with E-state index in [0.29, 0.717) is 37.0 Å². The van der Waals surface area contributed by atoms with Gasteiger partial charge in [-0.25, -0.2) is 0 Å². The Bertz CT molecular complexity index is 573. The maximum atomic E-state index is 10.9. The summed E-state index contributed by atoms with van der Waals surface area (Å²) >= 11 is 0. The Balaban J connectivity index is 2.67. The summed E-state index contributed by atoms with van der Waals surface area (Å²) in [6.07, 6.45) is 1.04. The Morgan fingerprint density at radius 2 is 1.82 bits per heavy atom. The number of likely N-dealkylation sites (N-methyl/N-ethyl adjacent to an activating group) is 1. The Hall–Kier alpha value is -1.44. The Morgan fingerprint density at radius 3 is 2.36 bits per heavy atom. The minimum absolute atomic E-state index is 0.230. The van der Waals surface area contributed by atoms with E-state index >= 15 is 0 Å². The van der Waals surface area contributed by atoms with Crippen molar-refractivity contribution in [3.8, 4) is 0 Å². The number of rotatable bonds is 9. The van der Waals surface area contributed by atoms with Crippen LogP contribution >= 0.6 is 0 Å². The Kier molecular flexibility index (Phi) is 6.99. The number of ether oxygens (including phenoxy) is 1. The minimum Gasteiger partial charge on any atom is -0.460 e. The second kappa shape index (κ2) is 8.26. The highest BCUT2D eigenvalue weighted by molar-refractivity contribution is 7.85. The lowest BCUT2D eigenvalue weighted by atomic mass is 10.2. The van der Waals surface area contributed by atoms with E-state index in [0.717, 1.165) is 5.69 Å². The van der Waals surface area contributed by atoms with Crippen LogP contribution in [-0.2, 0) is 19.6 Å². The van der Waals surface area contributed by atoms with E-state index in [9.17, 15) is 13.2 Å². The third-order valence-electron chi connectivity index (χ3n) is 3.57. The number of hydrogen-bond donors (Lipinski definition) is 1. The van der Waals surface area contributed by atoms with E-state index in [-0.39, 0.29) is 11.7 Å². The van der Waals surface area contributed by atoms with Crippen molar-refractivity contribution >= 4 is 21.8 Å². The van der Waals surface area contributed by atoms with Gasteiger partial charge in [-0.2, -0.15) is 8.42 Å². The van der Waals surface area contributed by atoms with Crippen molar-refractivity contribution in [2.24, 2.45) is 0 Å². The Labute approximate surface area is 132 Å². The van der Waals surface area contributed by atoms with Gasteiger partial charge in [0, 0.05) is 6.92 Å². The highest BCUT2D eigenvalue weighted by Crippen LogP contribution is 2.21. The summed E-state index contributed by atoms with van der Waals surface area (Å²) in [4.78, 5) is 10.9. The van der Waals surface area contributed by atoms with Gasteiger partial charge in [0.25, 0.3) is 10.1 Å². The molecule has 0 amide bonds. The van der Waals surface area contributed by atoms with Crippen LogP contribution in [0.5, 0.6) is 0 Å². The number of nitrogens with zero attached hydrogens (tertiary/aromatic N) is 1. The van der Waals surface area contributed by atoms with Gasteiger partial charge in [-0.3, -0.25) is 13.8 Å². The smallest absolute Gasteiger partial charge is 0.302 e. The lowest BCUT2D eigenvalue weighted by Gasteiger charge is -2.34. The molecule has 0 bridgehead atoms. The fourth-order valence-corrected chi connectivity index (χ4v) is 2.86. The zero-order valence-corrected chi connectivity index (χ0v) is 13.9. The lowest BCUT2D eigenvalue weighted by Crippen LogP contribution is -2.48. The molecule has 0 aliphatic rings. The first-order chi connectivity index (χ1) is 10.2. The van der Waals surface area contributed by atoms with Gasteiger partial charge in [0.2, 0.25) is 0 Å². The van der Waals surface area contributed by atoms with Crippen molar-refractivity contribution in [3.05, 3.63) is 30.3 Å². The van der Waals surface area contributed by atoms with Crippen LogP contribution in [-0.4, -0.2) is 51.4 Å². The predicted octanol–water partition coefficient (Wildman–Crippen LogP) is 1.85. The van der Waals surface area contributed by atoms with Crippen molar-refractivity contribution in [1.82, 2.24) is 4.48 Å². The summed E-state index contributed by atoms with van der Waals surface area (Å²) in [6, 6.07) is 9.80. The summed E-state index contributed by atoms with van der Waals surface area (Å²) in [7, 11) is -1.89. The molecule has 0 aliphatic heterocycles. The van der Waals surface area contributed by atoms with Gasteiger partial charge in [0.1, 0.15) is 18.8 Å². The van der Waals surface area contributed by atoms with Crippen LogP contribution in [0.25, 0.3) is 0 Å². The summed E-state index contributed by atoms with van der Waals surface area (Å²) in [5.41, 5.74) is 1.07. The molecule has 0 heterocycles. The number of carbonyl (C=O) groups excluding carboxylic acids is 1. The maximum absolute atomic E-state index is 10.9. The fraction of sp³-hybridized carbons (Fsp3) is 0.533.